The van der Waals surface area contributed by atoms with E-state index in [0.29, 0.717) is 12.5 Å². The van der Waals surface area contributed by atoms with Crippen molar-refractivity contribution in [2.45, 2.75) is 83.9 Å². The SMILES string of the molecule is CC(c1cnn(-c2cncc(N3CCCC3)c2)c1)n1ccc(N2CCC[C@@H](N(CC3CC3)C(=O)OC(C)(C)C)C2)cc1=O. The van der Waals surface area contributed by atoms with Crippen LogP contribution in [-0.4, -0.2) is 74.7 Å². The molecule has 0 spiro atoms. The number of aromatic nitrogens is 4. The molecule has 3 fully saturated rings. The highest BCUT2D eigenvalue weighted by Crippen LogP contribution is 2.33. The van der Waals surface area contributed by atoms with Gasteiger partial charge >= 0.3 is 6.09 Å². The molecule has 10 nitrogen and oxygen atoms in total. The third-order valence-electron chi connectivity index (χ3n) is 8.86. The maximum absolute atomic E-state index is 13.4. The van der Waals surface area contributed by atoms with Gasteiger partial charge in [-0.1, -0.05) is 0 Å². The van der Waals surface area contributed by atoms with E-state index < -0.39 is 5.60 Å². The van der Waals surface area contributed by atoms with Crippen LogP contribution in [0, 0.1) is 5.92 Å². The maximum atomic E-state index is 13.4. The Morgan fingerprint density at radius 2 is 1.74 bits per heavy atom. The van der Waals surface area contributed by atoms with Crippen molar-refractivity contribution in [2.24, 2.45) is 5.92 Å². The van der Waals surface area contributed by atoms with E-state index in [4.69, 9.17) is 4.74 Å². The Balaban J connectivity index is 1.15. The molecule has 0 radical (unpaired) electrons. The van der Waals surface area contributed by atoms with E-state index >= 15 is 0 Å². The number of rotatable bonds is 8. The number of nitrogens with zero attached hydrogens (tertiary/aromatic N) is 7. The first-order chi connectivity index (χ1) is 20.6. The summed E-state index contributed by atoms with van der Waals surface area (Å²) in [6, 6.07) is 5.76. The van der Waals surface area contributed by atoms with Crippen LogP contribution in [0.25, 0.3) is 5.69 Å². The van der Waals surface area contributed by atoms with Crippen molar-refractivity contribution in [1.82, 2.24) is 24.2 Å². The third-order valence-corrected chi connectivity index (χ3v) is 8.86. The van der Waals surface area contributed by atoms with Crippen molar-refractivity contribution in [3.8, 4) is 5.69 Å². The van der Waals surface area contributed by atoms with E-state index in [9.17, 15) is 9.59 Å². The zero-order valence-electron chi connectivity index (χ0n) is 26.0. The largest absolute Gasteiger partial charge is 0.444 e. The molecule has 1 aliphatic carbocycles. The third kappa shape index (κ3) is 6.89. The molecule has 3 aliphatic rings. The van der Waals surface area contributed by atoms with Crippen molar-refractivity contribution in [1.29, 1.82) is 0 Å². The Hall–Kier alpha value is -3.82. The summed E-state index contributed by atoms with van der Waals surface area (Å²) < 4.78 is 9.38. The highest BCUT2D eigenvalue weighted by Gasteiger charge is 2.36. The quantitative estimate of drug-likeness (QED) is 0.356. The van der Waals surface area contributed by atoms with E-state index in [2.05, 4.69) is 25.9 Å². The lowest BCUT2D eigenvalue weighted by atomic mass is 10.0. The van der Waals surface area contributed by atoms with Gasteiger partial charge in [0.05, 0.1) is 42.0 Å². The second-order valence-corrected chi connectivity index (χ2v) is 13.4. The molecule has 6 rings (SSSR count). The molecule has 2 saturated heterocycles. The molecule has 1 amide bonds. The molecule has 0 aromatic carbocycles. The van der Waals surface area contributed by atoms with Crippen LogP contribution in [0.2, 0.25) is 0 Å². The van der Waals surface area contributed by atoms with Crippen molar-refractivity contribution in [3.05, 3.63) is 65.1 Å². The maximum Gasteiger partial charge on any atom is 0.410 e. The molecule has 43 heavy (non-hydrogen) atoms. The molecular formula is C33H45N7O3. The monoisotopic (exact) mass is 587 g/mol. The standard InChI is InChI=1S/C33H45N7O3/c1-24(26-18-35-40(22-26)30-16-29(19-34-20-30)36-12-5-6-13-36)38-15-11-27(17-31(38)41)37-14-7-8-28(23-37)39(21-25-9-10-25)32(42)43-33(2,3)4/h11,15-20,22,24-25,28H,5-10,12-14,21,23H2,1-4H3/t24?,28-/m1/s1. The van der Waals surface area contributed by atoms with E-state index in [1.54, 1.807) is 10.6 Å². The zero-order valence-corrected chi connectivity index (χ0v) is 26.0. The second kappa shape index (κ2) is 12.1. The van der Waals surface area contributed by atoms with Crippen LogP contribution in [-0.2, 0) is 4.74 Å². The van der Waals surface area contributed by atoms with Gasteiger partial charge < -0.3 is 24.0 Å². The molecule has 0 N–H and O–H groups in total. The van der Waals surface area contributed by atoms with Gasteiger partial charge in [0.2, 0.25) is 0 Å². The topological polar surface area (TPSA) is 88.7 Å². The van der Waals surface area contributed by atoms with Gasteiger partial charge in [0.25, 0.3) is 5.56 Å². The molecule has 1 saturated carbocycles. The fraction of sp³-hybridized carbons (Fsp3) is 0.576. The van der Waals surface area contributed by atoms with Gasteiger partial charge in [-0.25, -0.2) is 9.48 Å². The number of hydrogen-bond acceptors (Lipinski definition) is 7. The number of anilines is 2. The number of amides is 1. The minimum absolute atomic E-state index is 0.0560. The lowest BCUT2D eigenvalue weighted by Gasteiger charge is -2.40. The van der Waals surface area contributed by atoms with Crippen molar-refractivity contribution >= 4 is 17.5 Å². The van der Waals surface area contributed by atoms with Gasteiger partial charge in [0, 0.05) is 62.4 Å². The molecule has 230 valence electrons. The van der Waals surface area contributed by atoms with Crippen LogP contribution >= 0.6 is 0 Å². The van der Waals surface area contributed by atoms with E-state index in [1.165, 1.54) is 25.7 Å². The van der Waals surface area contributed by atoms with Crippen molar-refractivity contribution in [2.75, 3.05) is 42.5 Å². The predicted molar refractivity (Wildman–Crippen MR) is 168 cm³/mol. The van der Waals surface area contributed by atoms with Crippen molar-refractivity contribution in [3.63, 3.8) is 0 Å². The number of carbonyl (C=O) groups is 1. The summed E-state index contributed by atoms with van der Waals surface area (Å²) in [6.45, 7) is 12.2. The van der Waals surface area contributed by atoms with Crippen LogP contribution in [0.15, 0.2) is 54.0 Å². The number of carbonyl (C=O) groups excluding carboxylic acids is 1. The van der Waals surface area contributed by atoms with Gasteiger partial charge in [-0.15, -0.1) is 0 Å². The summed E-state index contributed by atoms with van der Waals surface area (Å²) in [5.41, 5.74) is 3.29. The van der Waals surface area contributed by atoms with Crippen molar-refractivity contribution < 1.29 is 9.53 Å². The Morgan fingerprint density at radius 3 is 2.47 bits per heavy atom. The summed E-state index contributed by atoms with van der Waals surface area (Å²) in [7, 11) is 0. The first kappa shape index (κ1) is 29.3. The highest BCUT2D eigenvalue weighted by atomic mass is 16.6. The van der Waals surface area contributed by atoms with Crippen LogP contribution in [0.1, 0.15) is 77.8 Å². The van der Waals surface area contributed by atoms with Gasteiger partial charge in [0.1, 0.15) is 5.60 Å². The normalized spacial score (nSPS) is 19.9. The minimum Gasteiger partial charge on any atom is -0.444 e. The first-order valence-electron chi connectivity index (χ1n) is 15.9. The Morgan fingerprint density at radius 1 is 1.00 bits per heavy atom. The molecule has 1 unspecified atom stereocenters. The molecule has 0 bridgehead atoms. The average molecular weight is 588 g/mol. The predicted octanol–water partition coefficient (Wildman–Crippen LogP) is 5.25. The number of hydrogen-bond donors (Lipinski definition) is 0. The van der Waals surface area contributed by atoms with E-state index in [0.717, 1.165) is 61.6 Å². The molecule has 5 heterocycles. The molecule has 10 heteroatoms. The minimum atomic E-state index is -0.528. The number of piperidine rings is 1. The summed E-state index contributed by atoms with van der Waals surface area (Å²) in [5.74, 6) is 0.572. The summed E-state index contributed by atoms with van der Waals surface area (Å²) >= 11 is 0. The lowest BCUT2D eigenvalue weighted by molar-refractivity contribution is 0.0134. The summed E-state index contributed by atoms with van der Waals surface area (Å²) in [4.78, 5) is 37.6. The van der Waals surface area contributed by atoms with Crippen LogP contribution in [0.4, 0.5) is 16.2 Å². The summed E-state index contributed by atoms with van der Waals surface area (Å²) in [6.07, 6.45) is 15.9. The fourth-order valence-corrected chi connectivity index (χ4v) is 6.26. The highest BCUT2D eigenvalue weighted by molar-refractivity contribution is 5.69. The van der Waals surface area contributed by atoms with E-state index in [-0.39, 0.29) is 23.7 Å². The van der Waals surface area contributed by atoms with Gasteiger partial charge in [-0.05, 0) is 84.3 Å². The van der Waals surface area contributed by atoms with Gasteiger partial charge in [-0.2, -0.15) is 5.10 Å². The molecule has 3 aromatic rings. The number of pyridine rings is 2. The Bertz CT molecular complexity index is 1480. The molecule has 3 aromatic heterocycles. The van der Waals surface area contributed by atoms with Gasteiger partial charge in [-0.3, -0.25) is 9.78 Å². The van der Waals surface area contributed by atoms with Crippen LogP contribution in [0.3, 0.4) is 0 Å². The Kier molecular flexibility index (Phi) is 8.20. The zero-order chi connectivity index (χ0) is 30.1. The second-order valence-electron chi connectivity index (χ2n) is 13.4. The fourth-order valence-electron chi connectivity index (χ4n) is 6.26. The molecule has 2 aliphatic heterocycles. The summed E-state index contributed by atoms with van der Waals surface area (Å²) in [5, 5.41) is 4.60. The Labute approximate surface area is 254 Å². The number of ether oxygens (including phenoxy) is 1. The molecular weight excluding hydrogens is 542 g/mol. The van der Waals surface area contributed by atoms with E-state index in [1.807, 2.05) is 74.3 Å². The lowest BCUT2D eigenvalue weighted by Crippen LogP contribution is -2.52. The average Bonchev–Trinajstić information content (AvgIpc) is 3.41. The van der Waals surface area contributed by atoms with Crippen LogP contribution < -0.4 is 15.4 Å². The first-order valence-corrected chi connectivity index (χ1v) is 15.9. The van der Waals surface area contributed by atoms with Crippen LogP contribution in [0.5, 0.6) is 0 Å². The smallest absolute Gasteiger partial charge is 0.410 e. The van der Waals surface area contributed by atoms with Gasteiger partial charge in [0.15, 0.2) is 0 Å². The molecule has 2 atom stereocenters.